The molecule has 72 valence electrons. The standard InChI is InChI=1S/C9H11N5/c1-6(10)7-2-4-8(5-3-7)9-11-13-14-12-9/h2-6H,10H2,1H3,(H,11,12,13,14)/t6-/m1/s1. The second-order valence-corrected chi connectivity index (χ2v) is 3.16. The molecule has 1 heterocycles. The summed E-state index contributed by atoms with van der Waals surface area (Å²) < 4.78 is 0. The number of hydrogen-bond donors (Lipinski definition) is 2. The average Bonchev–Trinajstić information content (AvgIpc) is 2.71. The molecule has 2 rings (SSSR count). The van der Waals surface area contributed by atoms with Crippen LogP contribution in [0.25, 0.3) is 11.4 Å². The van der Waals surface area contributed by atoms with Gasteiger partial charge in [0.1, 0.15) is 0 Å². The highest BCUT2D eigenvalue weighted by Gasteiger charge is 2.02. The van der Waals surface area contributed by atoms with Crippen LogP contribution in [0.1, 0.15) is 18.5 Å². The van der Waals surface area contributed by atoms with E-state index in [1.165, 1.54) is 0 Å². The van der Waals surface area contributed by atoms with Gasteiger partial charge in [0.15, 0.2) is 5.82 Å². The molecule has 1 aromatic heterocycles. The molecule has 5 nitrogen and oxygen atoms in total. The number of nitrogens with zero attached hydrogens (tertiary/aromatic N) is 3. The van der Waals surface area contributed by atoms with E-state index in [0.29, 0.717) is 5.82 Å². The summed E-state index contributed by atoms with van der Waals surface area (Å²) in [6.45, 7) is 1.95. The number of H-pyrrole nitrogens is 1. The molecule has 0 radical (unpaired) electrons. The Kier molecular flexibility index (Phi) is 2.24. The fourth-order valence-electron chi connectivity index (χ4n) is 1.23. The summed E-state index contributed by atoms with van der Waals surface area (Å²) in [5.41, 5.74) is 7.79. The molecule has 0 amide bonds. The van der Waals surface area contributed by atoms with E-state index in [1.54, 1.807) is 0 Å². The van der Waals surface area contributed by atoms with Crippen molar-refractivity contribution in [1.82, 2.24) is 20.6 Å². The zero-order valence-corrected chi connectivity index (χ0v) is 7.81. The van der Waals surface area contributed by atoms with Crippen molar-refractivity contribution in [2.45, 2.75) is 13.0 Å². The van der Waals surface area contributed by atoms with Crippen molar-refractivity contribution < 1.29 is 0 Å². The molecule has 0 fully saturated rings. The van der Waals surface area contributed by atoms with E-state index < -0.39 is 0 Å². The van der Waals surface area contributed by atoms with Gasteiger partial charge in [-0.25, -0.2) is 5.10 Å². The molecule has 0 aliphatic heterocycles. The number of aromatic amines is 1. The molecular formula is C9H11N5. The number of benzene rings is 1. The first-order valence-corrected chi connectivity index (χ1v) is 4.37. The summed E-state index contributed by atoms with van der Waals surface area (Å²) in [5.74, 6) is 0.668. The fourth-order valence-corrected chi connectivity index (χ4v) is 1.23. The lowest BCUT2D eigenvalue weighted by atomic mass is 10.1. The third kappa shape index (κ3) is 1.62. The van der Waals surface area contributed by atoms with Crippen molar-refractivity contribution in [2.24, 2.45) is 5.73 Å². The van der Waals surface area contributed by atoms with Crippen LogP contribution in [0.4, 0.5) is 0 Å². The first-order valence-electron chi connectivity index (χ1n) is 4.37. The monoisotopic (exact) mass is 189 g/mol. The van der Waals surface area contributed by atoms with Crippen molar-refractivity contribution in [3.8, 4) is 11.4 Å². The molecule has 2 aromatic rings. The number of tetrazole rings is 1. The van der Waals surface area contributed by atoms with Gasteiger partial charge in [-0.05, 0) is 22.9 Å². The SMILES string of the molecule is C[C@@H](N)c1ccc(-c2nnn[nH]2)cc1. The molecule has 5 heteroatoms. The molecule has 0 aliphatic carbocycles. The Hall–Kier alpha value is -1.75. The Morgan fingerprint density at radius 2 is 2.00 bits per heavy atom. The first kappa shape index (κ1) is 8.83. The molecule has 0 bridgehead atoms. The summed E-state index contributed by atoms with van der Waals surface area (Å²) in [6.07, 6.45) is 0. The topological polar surface area (TPSA) is 80.5 Å². The molecular weight excluding hydrogens is 178 g/mol. The van der Waals surface area contributed by atoms with Crippen LogP contribution in [-0.2, 0) is 0 Å². The van der Waals surface area contributed by atoms with E-state index in [2.05, 4.69) is 20.6 Å². The number of aromatic nitrogens is 4. The first-order chi connectivity index (χ1) is 6.77. The van der Waals surface area contributed by atoms with Crippen molar-refractivity contribution in [3.05, 3.63) is 29.8 Å². The predicted molar refractivity (Wildman–Crippen MR) is 52.2 cm³/mol. The Balaban J connectivity index is 2.31. The van der Waals surface area contributed by atoms with Crippen molar-refractivity contribution in [3.63, 3.8) is 0 Å². The summed E-state index contributed by atoms with van der Waals surface area (Å²) in [7, 11) is 0. The minimum atomic E-state index is 0.0527. The third-order valence-electron chi connectivity index (χ3n) is 2.06. The van der Waals surface area contributed by atoms with Gasteiger partial charge in [-0.15, -0.1) is 5.10 Å². The van der Waals surface area contributed by atoms with Gasteiger partial charge in [-0.2, -0.15) is 0 Å². The van der Waals surface area contributed by atoms with Crippen molar-refractivity contribution >= 4 is 0 Å². The fraction of sp³-hybridized carbons (Fsp3) is 0.222. The average molecular weight is 189 g/mol. The van der Waals surface area contributed by atoms with Crippen molar-refractivity contribution in [2.75, 3.05) is 0 Å². The van der Waals surface area contributed by atoms with E-state index in [9.17, 15) is 0 Å². The second kappa shape index (κ2) is 3.55. The van der Waals surface area contributed by atoms with Gasteiger partial charge in [0.2, 0.25) is 0 Å². The van der Waals surface area contributed by atoms with E-state index in [4.69, 9.17) is 5.73 Å². The Bertz CT molecular complexity index is 390. The largest absolute Gasteiger partial charge is 0.324 e. The number of nitrogens with two attached hydrogens (primary N) is 1. The summed E-state index contributed by atoms with van der Waals surface area (Å²) in [5, 5.41) is 13.5. The quantitative estimate of drug-likeness (QED) is 0.735. The minimum absolute atomic E-state index is 0.0527. The normalized spacial score (nSPS) is 12.7. The Morgan fingerprint density at radius 1 is 1.29 bits per heavy atom. The molecule has 1 atom stereocenters. The molecule has 0 aliphatic rings. The summed E-state index contributed by atoms with van der Waals surface area (Å²) in [6, 6.07) is 7.89. The minimum Gasteiger partial charge on any atom is -0.324 e. The lowest BCUT2D eigenvalue weighted by Gasteiger charge is -2.04. The van der Waals surface area contributed by atoms with Gasteiger partial charge < -0.3 is 5.73 Å². The third-order valence-corrected chi connectivity index (χ3v) is 2.06. The van der Waals surface area contributed by atoms with E-state index >= 15 is 0 Å². The molecule has 0 unspecified atom stereocenters. The van der Waals surface area contributed by atoms with Crippen LogP contribution >= 0.6 is 0 Å². The zero-order chi connectivity index (χ0) is 9.97. The summed E-state index contributed by atoms with van der Waals surface area (Å²) >= 11 is 0. The Labute approximate surface area is 81.3 Å². The highest BCUT2D eigenvalue weighted by Crippen LogP contribution is 2.16. The van der Waals surface area contributed by atoms with Crippen LogP contribution < -0.4 is 5.73 Å². The highest BCUT2D eigenvalue weighted by atomic mass is 15.5. The van der Waals surface area contributed by atoms with Gasteiger partial charge in [0.05, 0.1) is 0 Å². The number of hydrogen-bond acceptors (Lipinski definition) is 4. The van der Waals surface area contributed by atoms with Gasteiger partial charge >= 0.3 is 0 Å². The Morgan fingerprint density at radius 3 is 2.50 bits per heavy atom. The molecule has 0 spiro atoms. The molecule has 0 saturated heterocycles. The number of rotatable bonds is 2. The highest BCUT2D eigenvalue weighted by molar-refractivity contribution is 5.54. The molecule has 1 aromatic carbocycles. The maximum atomic E-state index is 5.73. The van der Waals surface area contributed by atoms with E-state index in [1.807, 2.05) is 31.2 Å². The van der Waals surface area contributed by atoms with Crippen LogP contribution in [-0.4, -0.2) is 20.6 Å². The van der Waals surface area contributed by atoms with Crippen LogP contribution in [0.3, 0.4) is 0 Å². The molecule has 14 heavy (non-hydrogen) atoms. The lowest BCUT2D eigenvalue weighted by Crippen LogP contribution is -2.04. The van der Waals surface area contributed by atoms with E-state index in [0.717, 1.165) is 11.1 Å². The second-order valence-electron chi connectivity index (χ2n) is 3.16. The lowest BCUT2D eigenvalue weighted by molar-refractivity contribution is 0.818. The smallest absolute Gasteiger partial charge is 0.179 e. The predicted octanol–water partition coefficient (Wildman–Crippen LogP) is 0.886. The van der Waals surface area contributed by atoms with Crippen LogP contribution in [0, 0.1) is 0 Å². The van der Waals surface area contributed by atoms with Gasteiger partial charge in [-0.1, -0.05) is 24.3 Å². The van der Waals surface area contributed by atoms with Gasteiger partial charge in [0.25, 0.3) is 0 Å². The van der Waals surface area contributed by atoms with Crippen LogP contribution in [0.15, 0.2) is 24.3 Å². The van der Waals surface area contributed by atoms with Crippen molar-refractivity contribution in [1.29, 1.82) is 0 Å². The van der Waals surface area contributed by atoms with E-state index in [-0.39, 0.29) is 6.04 Å². The van der Waals surface area contributed by atoms with Gasteiger partial charge in [0, 0.05) is 11.6 Å². The van der Waals surface area contributed by atoms with Crippen LogP contribution in [0.2, 0.25) is 0 Å². The molecule has 0 saturated carbocycles. The maximum Gasteiger partial charge on any atom is 0.179 e. The van der Waals surface area contributed by atoms with Crippen LogP contribution in [0.5, 0.6) is 0 Å². The summed E-state index contributed by atoms with van der Waals surface area (Å²) in [4.78, 5) is 0. The van der Waals surface area contributed by atoms with Gasteiger partial charge in [-0.3, -0.25) is 0 Å². The zero-order valence-electron chi connectivity index (χ0n) is 7.81. The maximum absolute atomic E-state index is 5.73. The number of nitrogens with one attached hydrogen (secondary N) is 1. The molecule has 3 N–H and O–H groups in total.